The summed E-state index contributed by atoms with van der Waals surface area (Å²) in [5, 5.41) is 5.91. The van der Waals surface area contributed by atoms with Crippen LogP contribution < -0.4 is 10.1 Å². The Hall–Kier alpha value is -3.50. The molecule has 0 aromatic heterocycles. The van der Waals surface area contributed by atoms with E-state index in [4.69, 9.17) is 16.3 Å². The number of halogens is 1. The van der Waals surface area contributed by atoms with E-state index in [1.165, 1.54) is 0 Å². The number of nitrogens with zero attached hydrogens (tertiary/aromatic N) is 1. The highest BCUT2D eigenvalue weighted by Crippen LogP contribution is 2.22. The second-order valence-corrected chi connectivity index (χ2v) is 7.72. The smallest absolute Gasteiger partial charge is 0.322 e. The monoisotopic (exact) mass is 430 g/mol. The fourth-order valence-corrected chi connectivity index (χ4v) is 3.65. The number of methoxy groups -OCH3 is 1. The molecule has 4 aromatic carbocycles. The second kappa shape index (κ2) is 9.54. The first-order valence-electron chi connectivity index (χ1n) is 10.0. The standard InChI is InChI=1S/C26H23ClN2O2/c1-31-24-15-9-19(10-16-24)17-29(26(30)28-23-13-11-22(27)12-14-23)18-21-7-4-6-20-5-2-3-8-25(20)21/h2-16H,17-18H2,1H3,(H,28,30). The number of amides is 2. The average Bonchev–Trinajstić information content (AvgIpc) is 2.81. The fraction of sp³-hybridized carbons (Fsp3) is 0.115. The van der Waals surface area contributed by atoms with Gasteiger partial charge in [0.1, 0.15) is 5.75 Å². The minimum atomic E-state index is -0.175. The maximum absolute atomic E-state index is 13.2. The van der Waals surface area contributed by atoms with E-state index in [2.05, 4.69) is 29.6 Å². The first-order valence-corrected chi connectivity index (χ1v) is 10.4. The lowest BCUT2D eigenvalue weighted by molar-refractivity contribution is 0.206. The molecule has 0 saturated carbocycles. The summed E-state index contributed by atoms with van der Waals surface area (Å²) in [6.45, 7) is 0.944. The summed E-state index contributed by atoms with van der Waals surface area (Å²) in [5.74, 6) is 0.787. The van der Waals surface area contributed by atoms with Gasteiger partial charge in [-0.25, -0.2) is 4.79 Å². The molecule has 0 aliphatic heterocycles. The van der Waals surface area contributed by atoms with Crippen LogP contribution in [0.15, 0.2) is 91.0 Å². The minimum Gasteiger partial charge on any atom is -0.497 e. The van der Waals surface area contributed by atoms with Gasteiger partial charge in [0.15, 0.2) is 0 Å². The molecule has 0 atom stereocenters. The van der Waals surface area contributed by atoms with Gasteiger partial charge in [-0.05, 0) is 58.3 Å². The number of nitrogens with one attached hydrogen (secondary N) is 1. The number of hydrogen-bond donors (Lipinski definition) is 1. The second-order valence-electron chi connectivity index (χ2n) is 7.28. The fourth-order valence-electron chi connectivity index (χ4n) is 3.52. The molecule has 0 heterocycles. The lowest BCUT2D eigenvalue weighted by Crippen LogP contribution is -2.34. The van der Waals surface area contributed by atoms with Crippen molar-refractivity contribution in [1.82, 2.24) is 4.90 Å². The number of ether oxygens (including phenoxy) is 1. The molecule has 31 heavy (non-hydrogen) atoms. The van der Waals surface area contributed by atoms with E-state index < -0.39 is 0 Å². The Morgan fingerprint density at radius 3 is 2.32 bits per heavy atom. The number of hydrogen-bond acceptors (Lipinski definition) is 2. The lowest BCUT2D eigenvalue weighted by atomic mass is 10.0. The van der Waals surface area contributed by atoms with E-state index in [1.807, 2.05) is 42.5 Å². The Morgan fingerprint density at radius 1 is 0.871 bits per heavy atom. The zero-order valence-electron chi connectivity index (χ0n) is 17.2. The maximum atomic E-state index is 13.2. The first-order chi connectivity index (χ1) is 15.1. The molecule has 0 unspecified atom stereocenters. The summed E-state index contributed by atoms with van der Waals surface area (Å²) in [6.07, 6.45) is 0. The van der Waals surface area contributed by atoms with Crippen LogP contribution in [0.25, 0.3) is 10.8 Å². The maximum Gasteiger partial charge on any atom is 0.322 e. The first kappa shape index (κ1) is 20.8. The molecule has 0 bridgehead atoms. The summed E-state index contributed by atoms with van der Waals surface area (Å²) < 4.78 is 5.25. The van der Waals surface area contributed by atoms with E-state index in [9.17, 15) is 4.79 Å². The van der Waals surface area contributed by atoms with Crippen molar-refractivity contribution in [3.63, 3.8) is 0 Å². The van der Waals surface area contributed by atoms with Gasteiger partial charge in [-0.2, -0.15) is 0 Å². The summed E-state index contributed by atoms with van der Waals surface area (Å²) >= 11 is 5.97. The van der Waals surface area contributed by atoms with Gasteiger partial charge in [0.2, 0.25) is 0 Å². The molecule has 0 aliphatic carbocycles. The molecule has 0 radical (unpaired) electrons. The predicted molar refractivity (Wildman–Crippen MR) is 127 cm³/mol. The van der Waals surface area contributed by atoms with Crippen LogP contribution >= 0.6 is 11.6 Å². The molecule has 4 aromatic rings. The molecule has 0 fully saturated rings. The van der Waals surface area contributed by atoms with Crippen LogP contribution in [-0.4, -0.2) is 18.0 Å². The van der Waals surface area contributed by atoms with Gasteiger partial charge in [-0.1, -0.05) is 66.2 Å². The Labute approximate surface area is 187 Å². The SMILES string of the molecule is COc1ccc(CN(Cc2cccc3ccccc23)C(=O)Nc2ccc(Cl)cc2)cc1. The Bertz CT molecular complexity index is 1170. The molecule has 0 spiro atoms. The topological polar surface area (TPSA) is 41.6 Å². The van der Waals surface area contributed by atoms with Crippen LogP contribution in [0.1, 0.15) is 11.1 Å². The summed E-state index contributed by atoms with van der Waals surface area (Å²) in [6, 6.07) is 29.1. The number of anilines is 1. The summed E-state index contributed by atoms with van der Waals surface area (Å²) in [5.41, 5.74) is 2.82. The third-order valence-electron chi connectivity index (χ3n) is 5.16. The van der Waals surface area contributed by atoms with E-state index in [-0.39, 0.29) is 6.03 Å². The molecule has 4 nitrogen and oxygen atoms in total. The van der Waals surface area contributed by atoms with Crippen LogP contribution in [0.4, 0.5) is 10.5 Å². The average molecular weight is 431 g/mol. The van der Waals surface area contributed by atoms with E-state index in [0.717, 1.165) is 27.6 Å². The highest BCUT2D eigenvalue weighted by molar-refractivity contribution is 6.30. The van der Waals surface area contributed by atoms with Crippen molar-refractivity contribution in [2.75, 3.05) is 12.4 Å². The normalized spacial score (nSPS) is 10.6. The molecule has 156 valence electrons. The van der Waals surface area contributed by atoms with Gasteiger partial charge in [-0.3, -0.25) is 0 Å². The van der Waals surface area contributed by atoms with Crippen molar-refractivity contribution >= 4 is 34.1 Å². The quantitative estimate of drug-likeness (QED) is 0.368. The number of urea groups is 1. The van der Waals surface area contributed by atoms with Crippen molar-refractivity contribution in [3.05, 3.63) is 107 Å². The van der Waals surface area contributed by atoms with E-state index in [1.54, 1.807) is 36.3 Å². The van der Waals surface area contributed by atoms with Gasteiger partial charge < -0.3 is 15.0 Å². The lowest BCUT2D eigenvalue weighted by Gasteiger charge is -2.24. The number of fused-ring (bicyclic) bond motifs is 1. The van der Waals surface area contributed by atoms with Gasteiger partial charge in [0.05, 0.1) is 7.11 Å². The molecule has 5 heteroatoms. The molecule has 4 rings (SSSR count). The van der Waals surface area contributed by atoms with Crippen LogP contribution in [-0.2, 0) is 13.1 Å². The Balaban J connectivity index is 1.62. The highest BCUT2D eigenvalue weighted by atomic mass is 35.5. The van der Waals surface area contributed by atoms with Gasteiger partial charge >= 0.3 is 6.03 Å². The van der Waals surface area contributed by atoms with Crippen molar-refractivity contribution in [2.45, 2.75) is 13.1 Å². The van der Waals surface area contributed by atoms with Crippen LogP contribution in [0.3, 0.4) is 0 Å². The summed E-state index contributed by atoms with van der Waals surface area (Å²) in [4.78, 5) is 15.0. The Morgan fingerprint density at radius 2 is 1.58 bits per heavy atom. The highest BCUT2D eigenvalue weighted by Gasteiger charge is 2.16. The van der Waals surface area contributed by atoms with Crippen molar-refractivity contribution < 1.29 is 9.53 Å². The molecular formula is C26H23ClN2O2. The third-order valence-corrected chi connectivity index (χ3v) is 5.41. The number of rotatable bonds is 6. The van der Waals surface area contributed by atoms with E-state index in [0.29, 0.717) is 23.8 Å². The van der Waals surface area contributed by atoms with Crippen LogP contribution in [0, 0.1) is 0 Å². The number of benzene rings is 4. The van der Waals surface area contributed by atoms with Gasteiger partial charge in [0, 0.05) is 23.8 Å². The summed E-state index contributed by atoms with van der Waals surface area (Å²) in [7, 11) is 1.64. The predicted octanol–water partition coefficient (Wildman–Crippen LogP) is 6.74. The molecule has 1 N–H and O–H groups in total. The Kier molecular flexibility index (Phi) is 6.39. The van der Waals surface area contributed by atoms with Gasteiger partial charge in [0.25, 0.3) is 0 Å². The molecular weight excluding hydrogens is 408 g/mol. The third kappa shape index (κ3) is 5.16. The number of carbonyl (C=O) groups excluding carboxylic acids is 1. The zero-order chi connectivity index (χ0) is 21.6. The van der Waals surface area contributed by atoms with Crippen molar-refractivity contribution in [2.24, 2.45) is 0 Å². The van der Waals surface area contributed by atoms with Crippen molar-refractivity contribution in [3.8, 4) is 5.75 Å². The zero-order valence-corrected chi connectivity index (χ0v) is 18.0. The van der Waals surface area contributed by atoms with E-state index >= 15 is 0 Å². The minimum absolute atomic E-state index is 0.175. The van der Waals surface area contributed by atoms with Crippen LogP contribution in [0.2, 0.25) is 5.02 Å². The van der Waals surface area contributed by atoms with Gasteiger partial charge in [-0.15, -0.1) is 0 Å². The number of carbonyl (C=O) groups is 1. The van der Waals surface area contributed by atoms with Crippen molar-refractivity contribution in [1.29, 1.82) is 0 Å². The van der Waals surface area contributed by atoms with Crippen LogP contribution in [0.5, 0.6) is 5.75 Å². The molecule has 0 saturated heterocycles. The molecule has 2 amide bonds. The molecule has 0 aliphatic rings. The largest absolute Gasteiger partial charge is 0.497 e.